The lowest BCUT2D eigenvalue weighted by Crippen LogP contribution is -2.48. The molecule has 1 saturated heterocycles. The van der Waals surface area contributed by atoms with Crippen LogP contribution in [0.25, 0.3) is 0 Å². The fraction of sp³-hybridized carbons (Fsp3) is 0.650. The zero-order valence-electron chi connectivity index (χ0n) is 17.3. The molecule has 1 aliphatic heterocycles. The maximum absolute atomic E-state index is 13.2. The number of hydrogen-bond donors (Lipinski definition) is 0. The molecule has 0 saturated carbocycles. The summed E-state index contributed by atoms with van der Waals surface area (Å²) in [7, 11) is -4.02. The Morgan fingerprint density at radius 3 is 2.10 bits per heavy atom. The summed E-state index contributed by atoms with van der Waals surface area (Å²) in [4.78, 5) is 13.4. The molecule has 9 heteroatoms. The number of alkyl halides is 3. The summed E-state index contributed by atoms with van der Waals surface area (Å²) >= 11 is 0. The highest BCUT2D eigenvalue weighted by Crippen LogP contribution is 2.39. The molecule has 0 aliphatic carbocycles. The van der Waals surface area contributed by atoms with Crippen molar-refractivity contribution in [3.05, 3.63) is 29.8 Å². The van der Waals surface area contributed by atoms with E-state index in [2.05, 4.69) is 0 Å². The third kappa shape index (κ3) is 5.24. The van der Waals surface area contributed by atoms with E-state index < -0.39 is 38.0 Å². The molecule has 0 spiro atoms. The van der Waals surface area contributed by atoms with Crippen LogP contribution in [0.5, 0.6) is 0 Å². The van der Waals surface area contributed by atoms with Crippen molar-refractivity contribution in [2.24, 2.45) is 5.92 Å². The van der Waals surface area contributed by atoms with Crippen molar-refractivity contribution < 1.29 is 31.1 Å². The summed E-state index contributed by atoms with van der Waals surface area (Å²) < 4.78 is 69.4. The minimum atomic E-state index is -4.62. The summed E-state index contributed by atoms with van der Waals surface area (Å²) in [6.45, 7) is 9.04. The molecule has 0 aromatic heterocycles. The molecule has 1 aromatic rings. The fourth-order valence-corrected chi connectivity index (χ4v) is 5.27. The standard InChI is InChI=1S/C20H28F3NO4S/c1-18(2,3)28-17(25)24-11-9-14(10-12-24)19(4,5)29(26,27)16-8-6-7-15(13-16)20(21,22)23/h6-8,13-14H,9-12H2,1-5H3. The molecule has 0 radical (unpaired) electrons. The van der Waals surface area contributed by atoms with Crippen LogP contribution >= 0.6 is 0 Å². The Kier molecular flexibility index (Phi) is 6.33. The number of carbonyl (C=O) groups is 1. The Morgan fingerprint density at radius 2 is 1.62 bits per heavy atom. The van der Waals surface area contributed by atoms with E-state index in [0.29, 0.717) is 32.0 Å². The molecule has 0 unspecified atom stereocenters. The monoisotopic (exact) mass is 435 g/mol. The Balaban J connectivity index is 2.18. The quantitative estimate of drug-likeness (QED) is 0.677. The second-order valence-corrected chi connectivity index (χ2v) is 11.4. The van der Waals surface area contributed by atoms with Crippen molar-refractivity contribution >= 4 is 15.9 Å². The summed E-state index contributed by atoms with van der Waals surface area (Å²) in [6.07, 6.45) is -4.22. The number of rotatable bonds is 3. The highest BCUT2D eigenvalue weighted by atomic mass is 32.2. The second kappa shape index (κ2) is 7.81. The number of hydrogen-bond acceptors (Lipinski definition) is 4. The van der Waals surface area contributed by atoms with Gasteiger partial charge >= 0.3 is 12.3 Å². The molecule has 1 aromatic carbocycles. The lowest BCUT2D eigenvalue weighted by atomic mass is 9.86. The highest BCUT2D eigenvalue weighted by Gasteiger charge is 2.45. The normalized spacial score (nSPS) is 17.3. The fourth-order valence-electron chi connectivity index (χ4n) is 3.45. The summed E-state index contributed by atoms with van der Waals surface area (Å²) in [6, 6.07) is 3.84. The van der Waals surface area contributed by atoms with Gasteiger partial charge in [-0.2, -0.15) is 13.2 Å². The molecule has 2 rings (SSSR count). The van der Waals surface area contributed by atoms with Crippen LogP contribution in [0.1, 0.15) is 53.0 Å². The molecule has 164 valence electrons. The summed E-state index contributed by atoms with van der Waals surface area (Å²) in [5.74, 6) is -0.305. The first-order valence-electron chi connectivity index (χ1n) is 9.45. The third-order valence-corrected chi connectivity index (χ3v) is 7.89. The van der Waals surface area contributed by atoms with Gasteiger partial charge in [0.2, 0.25) is 0 Å². The van der Waals surface area contributed by atoms with Crippen LogP contribution in [0.4, 0.5) is 18.0 Å². The minimum absolute atomic E-state index is 0.305. The molecule has 0 bridgehead atoms. The van der Waals surface area contributed by atoms with Crippen molar-refractivity contribution in [3.8, 4) is 0 Å². The topological polar surface area (TPSA) is 63.7 Å². The minimum Gasteiger partial charge on any atom is -0.444 e. The van der Waals surface area contributed by atoms with Crippen molar-refractivity contribution in [2.75, 3.05) is 13.1 Å². The number of benzene rings is 1. The van der Waals surface area contributed by atoms with Gasteiger partial charge in [0.05, 0.1) is 15.2 Å². The van der Waals surface area contributed by atoms with Gasteiger partial charge in [0, 0.05) is 13.1 Å². The van der Waals surface area contributed by atoms with Gasteiger partial charge in [-0.3, -0.25) is 0 Å². The van der Waals surface area contributed by atoms with Crippen LogP contribution < -0.4 is 0 Å². The molecule has 0 N–H and O–H groups in total. The Bertz CT molecular complexity index is 849. The largest absolute Gasteiger partial charge is 0.444 e. The molecule has 1 aliphatic rings. The maximum Gasteiger partial charge on any atom is 0.416 e. The molecule has 5 nitrogen and oxygen atoms in total. The first kappa shape index (κ1) is 23.5. The van der Waals surface area contributed by atoms with Crippen molar-refractivity contribution in [2.45, 2.75) is 68.9 Å². The maximum atomic E-state index is 13.2. The number of amides is 1. The first-order valence-corrected chi connectivity index (χ1v) is 10.9. The highest BCUT2D eigenvalue weighted by molar-refractivity contribution is 7.92. The van der Waals surface area contributed by atoms with E-state index in [1.807, 2.05) is 0 Å². The third-order valence-electron chi connectivity index (χ3n) is 5.29. The number of halogens is 3. The van der Waals surface area contributed by atoms with Crippen molar-refractivity contribution in [3.63, 3.8) is 0 Å². The Labute approximate surface area is 170 Å². The van der Waals surface area contributed by atoms with Crippen LogP contribution in [0.15, 0.2) is 29.2 Å². The van der Waals surface area contributed by atoms with Crippen LogP contribution in [-0.2, 0) is 20.8 Å². The summed E-state index contributed by atoms with van der Waals surface area (Å²) in [5, 5.41) is 0. The van der Waals surface area contributed by atoms with Gasteiger partial charge in [-0.05, 0) is 71.6 Å². The number of sulfone groups is 1. The van der Waals surface area contributed by atoms with E-state index in [4.69, 9.17) is 4.74 Å². The molecule has 1 fully saturated rings. The van der Waals surface area contributed by atoms with E-state index in [1.165, 1.54) is 24.8 Å². The first-order chi connectivity index (χ1) is 13.1. The van der Waals surface area contributed by atoms with Gasteiger partial charge in [-0.1, -0.05) is 6.07 Å². The van der Waals surface area contributed by atoms with Crippen LogP contribution in [0.3, 0.4) is 0 Å². The lowest BCUT2D eigenvalue weighted by molar-refractivity contribution is -0.137. The molecular formula is C20H28F3NO4S. The van der Waals surface area contributed by atoms with Gasteiger partial charge < -0.3 is 9.64 Å². The smallest absolute Gasteiger partial charge is 0.416 e. The van der Waals surface area contributed by atoms with Gasteiger partial charge in [0.15, 0.2) is 9.84 Å². The van der Waals surface area contributed by atoms with Crippen molar-refractivity contribution in [1.82, 2.24) is 4.90 Å². The number of likely N-dealkylation sites (tertiary alicyclic amines) is 1. The van der Waals surface area contributed by atoms with Crippen molar-refractivity contribution in [1.29, 1.82) is 0 Å². The molecular weight excluding hydrogens is 407 g/mol. The predicted octanol–water partition coefficient (Wildman–Crippen LogP) is 4.90. The molecule has 1 heterocycles. The van der Waals surface area contributed by atoms with E-state index >= 15 is 0 Å². The Morgan fingerprint density at radius 1 is 1.07 bits per heavy atom. The average molecular weight is 436 g/mol. The van der Waals surface area contributed by atoms with Gasteiger partial charge in [-0.15, -0.1) is 0 Å². The van der Waals surface area contributed by atoms with E-state index in [-0.39, 0.29) is 10.8 Å². The molecule has 1 amide bonds. The van der Waals surface area contributed by atoms with Gasteiger partial charge in [-0.25, -0.2) is 13.2 Å². The van der Waals surface area contributed by atoms with Crippen LogP contribution in [0, 0.1) is 5.92 Å². The molecule has 0 atom stereocenters. The average Bonchev–Trinajstić information content (AvgIpc) is 2.59. The van der Waals surface area contributed by atoms with E-state index in [0.717, 1.165) is 12.1 Å². The number of piperidine rings is 1. The van der Waals surface area contributed by atoms with E-state index in [9.17, 15) is 26.4 Å². The molecule has 29 heavy (non-hydrogen) atoms. The van der Waals surface area contributed by atoms with Crippen LogP contribution in [-0.4, -0.2) is 42.8 Å². The van der Waals surface area contributed by atoms with Crippen LogP contribution in [0.2, 0.25) is 0 Å². The van der Waals surface area contributed by atoms with Gasteiger partial charge in [0.25, 0.3) is 0 Å². The van der Waals surface area contributed by atoms with Gasteiger partial charge in [0.1, 0.15) is 5.60 Å². The van der Waals surface area contributed by atoms with E-state index in [1.54, 1.807) is 20.8 Å². The second-order valence-electron chi connectivity index (χ2n) is 8.87. The SMILES string of the molecule is CC(C)(C)OC(=O)N1CCC(C(C)(C)S(=O)(=O)c2cccc(C(F)(F)F)c2)CC1. The number of ether oxygens (including phenoxy) is 1. The number of nitrogens with zero attached hydrogens (tertiary/aromatic N) is 1. The predicted molar refractivity (Wildman–Crippen MR) is 103 cm³/mol. The summed E-state index contributed by atoms with van der Waals surface area (Å²) in [5.41, 5.74) is -1.62. The number of carbonyl (C=O) groups excluding carboxylic acids is 1. The lowest BCUT2D eigenvalue weighted by Gasteiger charge is -2.40. The zero-order chi connectivity index (χ0) is 22.3. The zero-order valence-corrected chi connectivity index (χ0v) is 18.2. The Hall–Kier alpha value is -1.77.